The van der Waals surface area contributed by atoms with Gasteiger partial charge >= 0.3 is 6.09 Å². The van der Waals surface area contributed by atoms with Gasteiger partial charge in [-0.15, -0.1) is 0 Å². The summed E-state index contributed by atoms with van der Waals surface area (Å²) in [5, 5.41) is 5.63. The van der Waals surface area contributed by atoms with E-state index in [4.69, 9.17) is 9.47 Å². The third-order valence-corrected chi connectivity index (χ3v) is 1.90. The van der Waals surface area contributed by atoms with Crippen molar-refractivity contribution in [1.29, 1.82) is 0 Å². The fourth-order valence-corrected chi connectivity index (χ4v) is 1.14. The van der Waals surface area contributed by atoms with Crippen molar-refractivity contribution in [3.8, 4) is 0 Å². The van der Waals surface area contributed by atoms with Crippen molar-refractivity contribution >= 4 is 17.6 Å². The standard InChI is InChI=1S/C11H17N3O3/c1-3-17-11(15)14-10-5-4-9(8-13-10)12-6-7-16-2/h4-5,8,12H,3,6-7H2,1-2H3,(H,13,14,15). The van der Waals surface area contributed by atoms with Gasteiger partial charge in [-0.05, 0) is 19.1 Å². The zero-order valence-electron chi connectivity index (χ0n) is 10.0. The third-order valence-electron chi connectivity index (χ3n) is 1.90. The fraction of sp³-hybridized carbons (Fsp3) is 0.455. The Morgan fingerprint density at radius 3 is 2.88 bits per heavy atom. The van der Waals surface area contributed by atoms with Crippen LogP contribution < -0.4 is 10.6 Å². The molecule has 1 aromatic heterocycles. The summed E-state index contributed by atoms with van der Waals surface area (Å²) < 4.78 is 9.64. The summed E-state index contributed by atoms with van der Waals surface area (Å²) in [6.07, 6.45) is 1.14. The van der Waals surface area contributed by atoms with Gasteiger partial charge in [0.05, 0.1) is 25.1 Å². The molecule has 6 nitrogen and oxygen atoms in total. The zero-order valence-corrected chi connectivity index (χ0v) is 10.0. The number of pyridine rings is 1. The third kappa shape index (κ3) is 5.17. The highest BCUT2D eigenvalue weighted by Crippen LogP contribution is 2.09. The number of nitrogens with one attached hydrogen (secondary N) is 2. The Kier molecular flexibility index (Phi) is 5.81. The minimum Gasteiger partial charge on any atom is -0.450 e. The van der Waals surface area contributed by atoms with Gasteiger partial charge in [-0.1, -0.05) is 0 Å². The molecule has 0 radical (unpaired) electrons. The molecule has 0 aromatic carbocycles. The summed E-state index contributed by atoms with van der Waals surface area (Å²) in [7, 11) is 1.65. The quantitative estimate of drug-likeness (QED) is 0.739. The van der Waals surface area contributed by atoms with E-state index in [-0.39, 0.29) is 0 Å². The number of carbonyl (C=O) groups excluding carboxylic acids is 1. The lowest BCUT2D eigenvalue weighted by atomic mass is 10.4. The number of rotatable bonds is 6. The highest BCUT2D eigenvalue weighted by molar-refractivity contribution is 5.83. The summed E-state index contributed by atoms with van der Waals surface area (Å²) in [6, 6.07) is 3.52. The van der Waals surface area contributed by atoms with Crippen LogP contribution in [0.4, 0.5) is 16.3 Å². The molecule has 0 saturated heterocycles. The van der Waals surface area contributed by atoms with Crippen LogP contribution in [-0.2, 0) is 9.47 Å². The monoisotopic (exact) mass is 239 g/mol. The number of nitrogens with zero attached hydrogens (tertiary/aromatic N) is 1. The SMILES string of the molecule is CCOC(=O)Nc1ccc(NCCOC)cn1. The van der Waals surface area contributed by atoms with Crippen LogP contribution in [0.5, 0.6) is 0 Å². The number of aromatic nitrogens is 1. The van der Waals surface area contributed by atoms with Crippen LogP contribution in [0.1, 0.15) is 6.92 Å². The number of anilines is 2. The molecule has 1 rings (SSSR count). The van der Waals surface area contributed by atoms with Gasteiger partial charge in [0.15, 0.2) is 0 Å². The van der Waals surface area contributed by atoms with Gasteiger partial charge in [0.25, 0.3) is 0 Å². The highest BCUT2D eigenvalue weighted by Gasteiger charge is 2.02. The van der Waals surface area contributed by atoms with E-state index in [1.54, 1.807) is 26.3 Å². The molecule has 0 aliphatic carbocycles. The van der Waals surface area contributed by atoms with Crippen molar-refractivity contribution < 1.29 is 14.3 Å². The predicted octanol–water partition coefficient (Wildman–Crippen LogP) is 1.71. The van der Waals surface area contributed by atoms with Crippen LogP contribution in [0.15, 0.2) is 18.3 Å². The van der Waals surface area contributed by atoms with Gasteiger partial charge in [-0.3, -0.25) is 5.32 Å². The molecule has 0 saturated carbocycles. The molecule has 0 aliphatic heterocycles. The molecular weight excluding hydrogens is 222 g/mol. The number of ether oxygens (including phenoxy) is 2. The Morgan fingerprint density at radius 1 is 1.47 bits per heavy atom. The van der Waals surface area contributed by atoms with Gasteiger partial charge in [0, 0.05) is 13.7 Å². The minimum atomic E-state index is -0.500. The van der Waals surface area contributed by atoms with Crippen molar-refractivity contribution in [2.75, 3.05) is 37.5 Å². The average Bonchev–Trinajstić information content (AvgIpc) is 2.32. The van der Waals surface area contributed by atoms with Gasteiger partial charge in [-0.25, -0.2) is 9.78 Å². The van der Waals surface area contributed by atoms with Crippen LogP contribution in [-0.4, -0.2) is 37.9 Å². The van der Waals surface area contributed by atoms with E-state index >= 15 is 0 Å². The van der Waals surface area contributed by atoms with Gasteiger partial charge in [0.2, 0.25) is 0 Å². The van der Waals surface area contributed by atoms with Crippen molar-refractivity contribution in [3.05, 3.63) is 18.3 Å². The van der Waals surface area contributed by atoms with Crippen LogP contribution >= 0.6 is 0 Å². The largest absolute Gasteiger partial charge is 0.450 e. The summed E-state index contributed by atoms with van der Waals surface area (Å²) >= 11 is 0. The van der Waals surface area contributed by atoms with E-state index in [2.05, 4.69) is 15.6 Å². The van der Waals surface area contributed by atoms with E-state index < -0.39 is 6.09 Å². The molecule has 1 aromatic rings. The van der Waals surface area contributed by atoms with Crippen molar-refractivity contribution in [3.63, 3.8) is 0 Å². The van der Waals surface area contributed by atoms with Crippen LogP contribution in [0.25, 0.3) is 0 Å². The molecule has 0 fully saturated rings. The Balaban J connectivity index is 2.41. The lowest BCUT2D eigenvalue weighted by molar-refractivity contribution is 0.168. The molecule has 17 heavy (non-hydrogen) atoms. The molecule has 0 unspecified atom stereocenters. The number of amides is 1. The first-order valence-electron chi connectivity index (χ1n) is 5.39. The Labute approximate surface area is 100 Å². The molecule has 0 aliphatic rings. The maximum atomic E-state index is 11.1. The predicted molar refractivity (Wildman–Crippen MR) is 65.2 cm³/mol. The molecule has 1 amide bonds. The minimum absolute atomic E-state index is 0.336. The molecular formula is C11H17N3O3. The number of carbonyl (C=O) groups is 1. The Morgan fingerprint density at radius 2 is 2.29 bits per heavy atom. The smallest absolute Gasteiger partial charge is 0.412 e. The lowest BCUT2D eigenvalue weighted by Crippen LogP contribution is -2.14. The van der Waals surface area contributed by atoms with Crippen molar-refractivity contribution in [2.24, 2.45) is 0 Å². The van der Waals surface area contributed by atoms with E-state index in [1.807, 2.05) is 6.07 Å². The normalized spacial score (nSPS) is 9.76. The average molecular weight is 239 g/mol. The first-order valence-corrected chi connectivity index (χ1v) is 5.39. The molecule has 2 N–H and O–H groups in total. The highest BCUT2D eigenvalue weighted by atomic mass is 16.5. The number of methoxy groups -OCH3 is 1. The van der Waals surface area contributed by atoms with Crippen molar-refractivity contribution in [1.82, 2.24) is 4.98 Å². The summed E-state index contributed by atoms with van der Waals surface area (Å²) in [5.74, 6) is 0.459. The summed E-state index contributed by atoms with van der Waals surface area (Å²) in [6.45, 7) is 3.42. The number of hydrogen-bond donors (Lipinski definition) is 2. The molecule has 6 heteroatoms. The van der Waals surface area contributed by atoms with E-state index in [9.17, 15) is 4.79 Å². The zero-order chi connectivity index (χ0) is 12.5. The fourth-order valence-electron chi connectivity index (χ4n) is 1.14. The second-order valence-corrected chi connectivity index (χ2v) is 3.20. The van der Waals surface area contributed by atoms with E-state index in [0.717, 1.165) is 5.69 Å². The van der Waals surface area contributed by atoms with Crippen LogP contribution in [0, 0.1) is 0 Å². The summed E-state index contributed by atoms with van der Waals surface area (Å²) in [5.41, 5.74) is 0.872. The second-order valence-electron chi connectivity index (χ2n) is 3.20. The first kappa shape index (κ1) is 13.2. The van der Waals surface area contributed by atoms with Crippen molar-refractivity contribution in [2.45, 2.75) is 6.92 Å². The van der Waals surface area contributed by atoms with Gasteiger partial charge in [0.1, 0.15) is 5.82 Å². The molecule has 94 valence electrons. The first-order chi connectivity index (χ1) is 8.26. The van der Waals surface area contributed by atoms with E-state index in [0.29, 0.717) is 25.6 Å². The second kappa shape index (κ2) is 7.45. The molecule has 1 heterocycles. The molecule has 0 atom stereocenters. The Bertz CT molecular complexity index is 340. The summed E-state index contributed by atoms with van der Waals surface area (Å²) in [4.78, 5) is 15.2. The topological polar surface area (TPSA) is 72.5 Å². The molecule has 0 spiro atoms. The maximum Gasteiger partial charge on any atom is 0.412 e. The van der Waals surface area contributed by atoms with Crippen LogP contribution in [0.3, 0.4) is 0 Å². The maximum absolute atomic E-state index is 11.1. The Hall–Kier alpha value is -1.82. The van der Waals surface area contributed by atoms with E-state index in [1.165, 1.54) is 0 Å². The van der Waals surface area contributed by atoms with Gasteiger partial charge in [-0.2, -0.15) is 0 Å². The lowest BCUT2D eigenvalue weighted by Gasteiger charge is -2.07. The molecule has 0 bridgehead atoms. The van der Waals surface area contributed by atoms with Crippen LogP contribution in [0.2, 0.25) is 0 Å². The van der Waals surface area contributed by atoms with Gasteiger partial charge < -0.3 is 14.8 Å². The number of hydrogen-bond acceptors (Lipinski definition) is 5.